The monoisotopic (exact) mass is 495 g/mol. The number of rotatable bonds is 10. The summed E-state index contributed by atoms with van der Waals surface area (Å²) in [6, 6.07) is 2.18. The van der Waals surface area contributed by atoms with E-state index in [0.29, 0.717) is 11.8 Å². The fraction of sp³-hybridized carbons (Fsp3) is 0.737. The van der Waals surface area contributed by atoms with Crippen molar-refractivity contribution in [1.29, 1.82) is 0 Å². The van der Waals surface area contributed by atoms with Gasteiger partial charge in [0.15, 0.2) is 5.96 Å². The van der Waals surface area contributed by atoms with Crippen molar-refractivity contribution in [3.63, 3.8) is 0 Å². The van der Waals surface area contributed by atoms with Crippen LogP contribution in [-0.2, 0) is 9.47 Å². The van der Waals surface area contributed by atoms with E-state index in [2.05, 4.69) is 41.3 Å². The van der Waals surface area contributed by atoms with Crippen LogP contribution in [0, 0.1) is 5.92 Å². The Balaban J connectivity index is 0.00000338. The molecular weight excluding hydrogens is 461 g/mol. The lowest BCUT2D eigenvalue weighted by atomic mass is 10.0. The van der Waals surface area contributed by atoms with E-state index < -0.39 is 0 Å². The van der Waals surface area contributed by atoms with Crippen LogP contribution in [0.2, 0.25) is 0 Å². The van der Waals surface area contributed by atoms with Gasteiger partial charge in [0.25, 0.3) is 0 Å². The summed E-state index contributed by atoms with van der Waals surface area (Å²) in [5.74, 6) is 2.03. The van der Waals surface area contributed by atoms with Gasteiger partial charge in [-0.2, -0.15) is 11.3 Å². The molecule has 0 bridgehead atoms. The molecule has 1 saturated heterocycles. The molecule has 1 aliphatic rings. The van der Waals surface area contributed by atoms with Crippen LogP contribution in [0.4, 0.5) is 0 Å². The van der Waals surface area contributed by atoms with E-state index in [-0.39, 0.29) is 24.0 Å². The second kappa shape index (κ2) is 14.6. The Bertz CT molecular complexity index is 479. The molecule has 5 nitrogen and oxygen atoms in total. The zero-order valence-corrected chi connectivity index (χ0v) is 19.2. The summed E-state index contributed by atoms with van der Waals surface area (Å²) in [5.41, 5.74) is 1.37. The number of aliphatic imine (C=N–C) groups is 1. The second-order valence-corrected chi connectivity index (χ2v) is 7.37. The average Bonchev–Trinajstić information content (AvgIpc) is 3.18. The first-order valence-electron chi connectivity index (χ1n) is 9.49. The molecule has 1 fully saturated rings. The van der Waals surface area contributed by atoms with Crippen LogP contribution < -0.4 is 10.6 Å². The number of nitrogens with zero attached hydrogens (tertiary/aromatic N) is 1. The van der Waals surface area contributed by atoms with Crippen LogP contribution in [0.3, 0.4) is 0 Å². The maximum atomic E-state index is 5.81. The van der Waals surface area contributed by atoms with Crippen molar-refractivity contribution in [2.24, 2.45) is 10.9 Å². The van der Waals surface area contributed by atoms with Gasteiger partial charge in [-0.25, -0.2) is 0 Å². The fourth-order valence-electron chi connectivity index (χ4n) is 2.77. The van der Waals surface area contributed by atoms with Gasteiger partial charge in [-0.05, 0) is 54.5 Å². The molecule has 0 aromatic carbocycles. The van der Waals surface area contributed by atoms with Gasteiger partial charge < -0.3 is 20.1 Å². The molecule has 2 N–H and O–H groups in total. The topological polar surface area (TPSA) is 54.9 Å². The largest absolute Gasteiger partial charge is 0.381 e. The molecule has 1 aliphatic heterocycles. The summed E-state index contributed by atoms with van der Waals surface area (Å²) in [6.07, 6.45) is 3.27. The molecule has 0 radical (unpaired) electrons. The normalized spacial score (nSPS) is 16.8. The van der Waals surface area contributed by atoms with Crippen molar-refractivity contribution in [1.82, 2.24) is 10.6 Å². The smallest absolute Gasteiger partial charge is 0.191 e. The maximum Gasteiger partial charge on any atom is 0.191 e. The number of halogens is 1. The standard InChI is InChI=1S/C19H33N3O2S.HI/c1-3-20-19(22-13-16(2)18-7-12-25-15-18)21-8-4-9-24-14-17-5-10-23-11-6-17;/h7,12,15-17H,3-6,8-11,13-14H2,1-2H3,(H2,20,21,22);1H. The number of hydrogen-bond donors (Lipinski definition) is 2. The Labute approximate surface area is 179 Å². The van der Waals surface area contributed by atoms with E-state index in [1.165, 1.54) is 5.56 Å². The lowest BCUT2D eigenvalue weighted by molar-refractivity contribution is 0.0203. The summed E-state index contributed by atoms with van der Waals surface area (Å²) in [4.78, 5) is 4.70. The Morgan fingerprint density at radius 3 is 2.88 bits per heavy atom. The van der Waals surface area contributed by atoms with Crippen LogP contribution >= 0.6 is 35.3 Å². The lowest BCUT2D eigenvalue weighted by Gasteiger charge is -2.21. The molecule has 0 amide bonds. The Morgan fingerprint density at radius 2 is 2.19 bits per heavy atom. The van der Waals surface area contributed by atoms with Crippen molar-refractivity contribution >= 4 is 41.3 Å². The molecular formula is C19H34IN3O2S. The predicted octanol–water partition coefficient (Wildman–Crippen LogP) is 3.86. The predicted molar refractivity (Wildman–Crippen MR) is 121 cm³/mol. The van der Waals surface area contributed by atoms with Gasteiger partial charge in [0, 0.05) is 52.0 Å². The molecule has 150 valence electrons. The Kier molecular flexibility index (Phi) is 13.3. The highest BCUT2D eigenvalue weighted by molar-refractivity contribution is 14.0. The molecule has 0 spiro atoms. The molecule has 7 heteroatoms. The van der Waals surface area contributed by atoms with Crippen molar-refractivity contribution in [2.75, 3.05) is 46.1 Å². The molecule has 26 heavy (non-hydrogen) atoms. The highest BCUT2D eigenvalue weighted by Crippen LogP contribution is 2.18. The van der Waals surface area contributed by atoms with Crippen LogP contribution in [0.25, 0.3) is 0 Å². The molecule has 1 aromatic rings. The zero-order valence-electron chi connectivity index (χ0n) is 16.0. The van der Waals surface area contributed by atoms with E-state index in [0.717, 1.165) is 71.3 Å². The third kappa shape index (κ3) is 9.53. The molecule has 0 saturated carbocycles. The summed E-state index contributed by atoms with van der Waals surface area (Å²) in [5, 5.41) is 11.0. The van der Waals surface area contributed by atoms with Gasteiger partial charge in [-0.15, -0.1) is 24.0 Å². The van der Waals surface area contributed by atoms with Gasteiger partial charge in [0.1, 0.15) is 0 Å². The number of thiophene rings is 1. The summed E-state index contributed by atoms with van der Waals surface area (Å²) < 4.78 is 11.2. The minimum Gasteiger partial charge on any atom is -0.381 e. The number of hydrogen-bond acceptors (Lipinski definition) is 4. The first-order valence-corrected chi connectivity index (χ1v) is 10.4. The van der Waals surface area contributed by atoms with E-state index >= 15 is 0 Å². The van der Waals surface area contributed by atoms with Gasteiger partial charge in [0.05, 0.1) is 0 Å². The van der Waals surface area contributed by atoms with Crippen molar-refractivity contribution in [3.8, 4) is 0 Å². The van der Waals surface area contributed by atoms with Crippen molar-refractivity contribution in [2.45, 2.75) is 39.0 Å². The third-order valence-electron chi connectivity index (χ3n) is 4.43. The number of guanidine groups is 1. The minimum atomic E-state index is 0. The molecule has 0 aliphatic carbocycles. The first kappa shape index (κ1) is 23.7. The van der Waals surface area contributed by atoms with E-state index in [1.807, 2.05) is 0 Å². The van der Waals surface area contributed by atoms with E-state index in [4.69, 9.17) is 14.5 Å². The summed E-state index contributed by atoms with van der Waals surface area (Å²) >= 11 is 1.74. The van der Waals surface area contributed by atoms with Crippen molar-refractivity contribution in [3.05, 3.63) is 22.4 Å². The van der Waals surface area contributed by atoms with Crippen LogP contribution in [0.15, 0.2) is 21.8 Å². The first-order chi connectivity index (χ1) is 12.3. The molecule has 2 rings (SSSR count). The fourth-order valence-corrected chi connectivity index (χ4v) is 3.56. The Morgan fingerprint density at radius 1 is 1.38 bits per heavy atom. The quantitative estimate of drug-likeness (QED) is 0.224. The molecule has 1 unspecified atom stereocenters. The van der Waals surface area contributed by atoms with Crippen LogP contribution in [0.5, 0.6) is 0 Å². The second-order valence-electron chi connectivity index (χ2n) is 6.59. The van der Waals surface area contributed by atoms with E-state index in [9.17, 15) is 0 Å². The third-order valence-corrected chi connectivity index (χ3v) is 5.13. The lowest BCUT2D eigenvalue weighted by Crippen LogP contribution is -2.38. The SMILES string of the molecule is CCNC(=NCC(C)c1ccsc1)NCCCOCC1CCOCC1.I. The summed E-state index contributed by atoms with van der Waals surface area (Å²) in [7, 11) is 0. The molecule has 1 aromatic heterocycles. The molecule has 1 atom stereocenters. The van der Waals surface area contributed by atoms with Gasteiger partial charge in [-0.3, -0.25) is 4.99 Å². The number of nitrogens with one attached hydrogen (secondary N) is 2. The average molecular weight is 495 g/mol. The number of ether oxygens (including phenoxy) is 2. The maximum absolute atomic E-state index is 5.81. The zero-order chi connectivity index (χ0) is 17.7. The van der Waals surface area contributed by atoms with E-state index in [1.54, 1.807) is 11.3 Å². The van der Waals surface area contributed by atoms with Gasteiger partial charge in [-0.1, -0.05) is 6.92 Å². The highest BCUT2D eigenvalue weighted by Gasteiger charge is 2.13. The van der Waals surface area contributed by atoms with Gasteiger partial charge in [0.2, 0.25) is 0 Å². The Hall–Kier alpha value is -0.380. The van der Waals surface area contributed by atoms with Crippen LogP contribution in [0.1, 0.15) is 44.6 Å². The highest BCUT2D eigenvalue weighted by atomic mass is 127. The van der Waals surface area contributed by atoms with Gasteiger partial charge >= 0.3 is 0 Å². The molecule has 2 heterocycles. The summed E-state index contributed by atoms with van der Waals surface area (Å²) in [6.45, 7) is 10.3. The van der Waals surface area contributed by atoms with Crippen LogP contribution in [-0.4, -0.2) is 52.0 Å². The van der Waals surface area contributed by atoms with Crippen molar-refractivity contribution < 1.29 is 9.47 Å². The minimum absolute atomic E-state index is 0.